The predicted molar refractivity (Wildman–Crippen MR) is 104 cm³/mol. The van der Waals surface area contributed by atoms with Gasteiger partial charge in [-0.3, -0.25) is 9.69 Å². The highest BCUT2D eigenvalue weighted by Crippen LogP contribution is 2.19. The van der Waals surface area contributed by atoms with Crippen LogP contribution >= 0.6 is 0 Å². The Morgan fingerprint density at radius 1 is 1.00 bits per heavy atom. The average Bonchev–Trinajstić information content (AvgIpc) is 3.17. The maximum absolute atomic E-state index is 12.2. The topological polar surface area (TPSA) is 75.0 Å². The van der Waals surface area contributed by atoms with Gasteiger partial charge in [0.05, 0.1) is 23.1 Å². The van der Waals surface area contributed by atoms with Gasteiger partial charge in [-0.1, -0.05) is 37.3 Å². The number of nitrogens with one attached hydrogen (secondary N) is 1. The summed E-state index contributed by atoms with van der Waals surface area (Å²) in [5.41, 5.74) is 2.39. The number of aromatic nitrogens is 3. The molecule has 0 radical (unpaired) electrons. The van der Waals surface area contributed by atoms with E-state index in [0.717, 1.165) is 17.8 Å². The molecule has 0 bridgehead atoms. The van der Waals surface area contributed by atoms with Crippen LogP contribution in [0.15, 0.2) is 70.1 Å². The van der Waals surface area contributed by atoms with E-state index >= 15 is 0 Å². The van der Waals surface area contributed by atoms with Crippen molar-refractivity contribution in [1.82, 2.24) is 19.9 Å². The Morgan fingerprint density at radius 3 is 2.59 bits per heavy atom. The summed E-state index contributed by atoms with van der Waals surface area (Å²) in [7, 11) is 0. The standard InChI is InChI=1S/C21H20N4O2/c1-2-25(12-16-14-27-21(22-16)15-8-4-3-5-9-15)13-19-23-18-11-7-6-10-17(18)20(26)24-19/h3-11,14H,2,12-13H2,1H3,(H,23,24,26). The summed E-state index contributed by atoms with van der Waals surface area (Å²) in [6.07, 6.45) is 1.68. The third-order valence-electron chi connectivity index (χ3n) is 4.44. The van der Waals surface area contributed by atoms with Gasteiger partial charge in [0.2, 0.25) is 5.89 Å². The molecule has 0 saturated heterocycles. The first-order valence-corrected chi connectivity index (χ1v) is 8.93. The summed E-state index contributed by atoms with van der Waals surface area (Å²) in [5, 5.41) is 0.605. The van der Waals surface area contributed by atoms with Crippen LogP contribution in [0.3, 0.4) is 0 Å². The molecule has 0 spiro atoms. The molecule has 4 aromatic rings. The summed E-state index contributed by atoms with van der Waals surface area (Å²) >= 11 is 0. The van der Waals surface area contributed by atoms with Gasteiger partial charge in [-0.15, -0.1) is 0 Å². The molecule has 0 unspecified atom stereocenters. The molecule has 0 aliphatic rings. The monoisotopic (exact) mass is 360 g/mol. The molecule has 0 fully saturated rings. The van der Waals surface area contributed by atoms with Crippen LogP contribution in [0.2, 0.25) is 0 Å². The minimum Gasteiger partial charge on any atom is -0.444 e. The minimum atomic E-state index is -0.112. The molecule has 136 valence electrons. The zero-order valence-electron chi connectivity index (χ0n) is 15.1. The lowest BCUT2D eigenvalue weighted by Gasteiger charge is -2.18. The molecule has 6 heteroatoms. The molecule has 2 aromatic carbocycles. The van der Waals surface area contributed by atoms with E-state index in [9.17, 15) is 4.79 Å². The second-order valence-corrected chi connectivity index (χ2v) is 6.34. The van der Waals surface area contributed by atoms with E-state index in [1.165, 1.54) is 0 Å². The van der Waals surface area contributed by atoms with Crippen LogP contribution in [-0.4, -0.2) is 26.4 Å². The van der Waals surface area contributed by atoms with Crippen LogP contribution in [0.1, 0.15) is 18.4 Å². The molecule has 0 atom stereocenters. The zero-order valence-corrected chi connectivity index (χ0v) is 15.1. The number of nitrogens with zero attached hydrogens (tertiary/aromatic N) is 3. The van der Waals surface area contributed by atoms with Gasteiger partial charge in [-0.2, -0.15) is 0 Å². The highest BCUT2D eigenvalue weighted by molar-refractivity contribution is 5.77. The number of para-hydroxylation sites is 1. The lowest BCUT2D eigenvalue weighted by atomic mass is 10.2. The minimum absolute atomic E-state index is 0.112. The van der Waals surface area contributed by atoms with Crippen LogP contribution in [0.4, 0.5) is 0 Å². The van der Waals surface area contributed by atoms with Crippen molar-refractivity contribution in [2.24, 2.45) is 0 Å². The molecule has 1 N–H and O–H groups in total. The first-order valence-electron chi connectivity index (χ1n) is 8.93. The second-order valence-electron chi connectivity index (χ2n) is 6.34. The van der Waals surface area contributed by atoms with Gasteiger partial charge in [0.1, 0.15) is 12.1 Å². The average molecular weight is 360 g/mol. The van der Waals surface area contributed by atoms with Gasteiger partial charge in [0.15, 0.2) is 0 Å². The van der Waals surface area contributed by atoms with E-state index in [2.05, 4.69) is 26.8 Å². The van der Waals surface area contributed by atoms with Gasteiger partial charge >= 0.3 is 0 Å². The number of fused-ring (bicyclic) bond motifs is 1. The molecule has 0 amide bonds. The van der Waals surface area contributed by atoms with E-state index in [0.29, 0.717) is 35.7 Å². The van der Waals surface area contributed by atoms with E-state index in [-0.39, 0.29) is 5.56 Å². The summed E-state index contributed by atoms with van der Waals surface area (Å²) < 4.78 is 5.61. The van der Waals surface area contributed by atoms with E-state index in [1.54, 1.807) is 12.3 Å². The first-order chi connectivity index (χ1) is 13.2. The molecule has 2 heterocycles. The van der Waals surface area contributed by atoms with Gasteiger partial charge in [0, 0.05) is 12.1 Å². The Hall–Kier alpha value is -3.25. The Labute approximate surface area is 156 Å². The van der Waals surface area contributed by atoms with Gasteiger partial charge in [-0.05, 0) is 30.8 Å². The van der Waals surface area contributed by atoms with Crippen LogP contribution in [0, 0.1) is 0 Å². The SMILES string of the molecule is CCN(Cc1coc(-c2ccccc2)n1)Cc1nc2ccccc2c(=O)[nH]1. The van der Waals surface area contributed by atoms with Crippen molar-refractivity contribution in [2.45, 2.75) is 20.0 Å². The van der Waals surface area contributed by atoms with E-state index < -0.39 is 0 Å². The van der Waals surface area contributed by atoms with Crippen LogP contribution in [0.5, 0.6) is 0 Å². The summed E-state index contributed by atoms with van der Waals surface area (Å²) in [6.45, 7) is 4.01. The number of rotatable bonds is 6. The van der Waals surface area contributed by atoms with Crippen molar-refractivity contribution in [3.05, 3.63) is 82.7 Å². The smallest absolute Gasteiger partial charge is 0.258 e. The van der Waals surface area contributed by atoms with Crippen molar-refractivity contribution in [2.75, 3.05) is 6.54 Å². The fourth-order valence-corrected chi connectivity index (χ4v) is 3.02. The fourth-order valence-electron chi connectivity index (χ4n) is 3.02. The van der Waals surface area contributed by atoms with Gasteiger partial charge < -0.3 is 9.40 Å². The van der Waals surface area contributed by atoms with Crippen molar-refractivity contribution in [3.63, 3.8) is 0 Å². The molecule has 2 aromatic heterocycles. The normalized spacial score (nSPS) is 11.3. The first kappa shape index (κ1) is 17.2. The lowest BCUT2D eigenvalue weighted by Crippen LogP contribution is -2.25. The quantitative estimate of drug-likeness (QED) is 0.569. The largest absolute Gasteiger partial charge is 0.444 e. The van der Waals surface area contributed by atoms with E-state index in [4.69, 9.17) is 4.42 Å². The number of hydrogen-bond acceptors (Lipinski definition) is 5. The number of hydrogen-bond donors (Lipinski definition) is 1. The Bertz CT molecular complexity index is 1100. The van der Waals surface area contributed by atoms with Gasteiger partial charge in [0.25, 0.3) is 5.56 Å². The van der Waals surface area contributed by atoms with Crippen molar-refractivity contribution in [3.8, 4) is 11.5 Å². The van der Waals surface area contributed by atoms with Crippen LogP contribution in [0.25, 0.3) is 22.4 Å². The molecule has 27 heavy (non-hydrogen) atoms. The van der Waals surface area contributed by atoms with E-state index in [1.807, 2.05) is 48.5 Å². The zero-order chi connectivity index (χ0) is 18.6. The second kappa shape index (κ2) is 7.55. The number of oxazole rings is 1. The highest BCUT2D eigenvalue weighted by Gasteiger charge is 2.12. The summed E-state index contributed by atoms with van der Waals surface area (Å²) in [5.74, 6) is 1.26. The van der Waals surface area contributed by atoms with Crippen molar-refractivity contribution >= 4 is 10.9 Å². The molecule has 6 nitrogen and oxygen atoms in total. The third kappa shape index (κ3) is 3.80. The molecular weight excluding hydrogens is 340 g/mol. The van der Waals surface area contributed by atoms with Crippen LogP contribution < -0.4 is 5.56 Å². The maximum atomic E-state index is 12.2. The maximum Gasteiger partial charge on any atom is 0.258 e. The third-order valence-corrected chi connectivity index (χ3v) is 4.44. The predicted octanol–water partition coefficient (Wildman–Crippen LogP) is 3.60. The molecule has 4 rings (SSSR count). The molecule has 0 aliphatic carbocycles. The number of aromatic amines is 1. The molecule has 0 saturated carbocycles. The highest BCUT2D eigenvalue weighted by atomic mass is 16.3. The van der Waals surface area contributed by atoms with Crippen molar-refractivity contribution in [1.29, 1.82) is 0 Å². The fraction of sp³-hybridized carbons (Fsp3) is 0.190. The summed E-state index contributed by atoms with van der Waals surface area (Å²) in [6, 6.07) is 17.2. The Morgan fingerprint density at radius 2 is 1.78 bits per heavy atom. The molecule has 0 aliphatic heterocycles. The molecular formula is C21H20N4O2. The Balaban J connectivity index is 1.52. The number of H-pyrrole nitrogens is 1. The van der Waals surface area contributed by atoms with Crippen LogP contribution in [-0.2, 0) is 13.1 Å². The number of benzene rings is 2. The lowest BCUT2D eigenvalue weighted by molar-refractivity contribution is 0.261. The Kier molecular flexibility index (Phi) is 4.80. The van der Waals surface area contributed by atoms with Gasteiger partial charge in [-0.25, -0.2) is 9.97 Å². The van der Waals surface area contributed by atoms with Crippen molar-refractivity contribution < 1.29 is 4.42 Å². The summed E-state index contributed by atoms with van der Waals surface area (Å²) in [4.78, 5) is 26.4.